The van der Waals surface area contributed by atoms with Gasteiger partial charge in [0.05, 0.1) is 55.2 Å². The molecule has 0 saturated carbocycles. The fourth-order valence-corrected chi connectivity index (χ4v) is 20.5. The molecule has 8 aromatic heterocycles. The first-order valence-corrected chi connectivity index (χ1v) is 36.7. The van der Waals surface area contributed by atoms with Crippen LogP contribution in [0.3, 0.4) is 0 Å². The number of benzene rings is 16. The van der Waals surface area contributed by atoms with Crippen LogP contribution >= 0.6 is 22.7 Å². The number of thiophene rings is 2. The van der Waals surface area contributed by atoms with Gasteiger partial charge >= 0.3 is 0 Å². The second-order valence-corrected chi connectivity index (χ2v) is 29.9. The maximum Gasteiger partial charge on any atom is 0.0635 e. The highest BCUT2D eigenvalue weighted by Gasteiger charge is 2.28. The molecule has 0 aliphatic rings. The molecular weight excluding hydrogens is 1270 g/mol. The minimum atomic E-state index is 1.13. The van der Waals surface area contributed by atoms with Crippen molar-refractivity contribution < 1.29 is 0 Å². The topological polar surface area (TPSA) is 18.7 Å². The Hall–Kier alpha value is -12.8. The van der Waals surface area contributed by atoms with Gasteiger partial charge in [0.1, 0.15) is 0 Å². The van der Waals surface area contributed by atoms with E-state index in [2.05, 4.69) is 346 Å². The molecule has 0 aliphatic carbocycles. The first kappa shape index (κ1) is 55.1. The number of hydrogen-bond donors (Lipinski definition) is 0. The van der Waals surface area contributed by atoms with Gasteiger partial charge in [0.2, 0.25) is 0 Å². The van der Waals surface area contributed by atoms with E-state index in [1.807, 2.05) is 22.7 Å². The zero-order valence-electron chi connectivity index (χ0n) is 54.8. The van der Waals surface area contributed by atoms with E-state index in [4.69, 9.17) is 0 Å². The molecular formula is C96H54N4S2. The van der Waals surface area contributed by atoms with Gasteiger partial charge in [-0.25, -0.2) is 0 Å². The molecule has 6 heteroatoms. The van der Waals surface area contributed by atoms with Crippen LogP contribution in [0.25, 0.3) is 227 Å². The van der Waals surface area contributed by atoms with Crippen LogP contribution in [-0.2, 0) is 0 Å². The maximum atomic E-state index is 2.64. The van der Waals surface area contributed by atoms with E-state index in [1.165, 1.54) is 216 Å². The molecule has 16 aromatic carbocycles. The van der Waals surface area contributed by atoms with Crippen LogP contribution in [0.5, 0.6) is 0 Å². The lowest BCUT2D eigenvalue weighted by atomic mass is 10.00. The molecule has 0 N–H and O–H groups in total. The van der Waals surface area contributed by atoms with Crippen molar-refractivity contribution >= 4 is 183 Å². The van der Waals surface area contributed by atoms with E-state index in [0.717, 1.165) is 11.4 Å². The SMILES string of the molecule is c1ccc(-c2ccc3c(c2)c2cc(-c4ccccc4)ccc2n3-c2ccc(-c3ccc4c5c6sc7ccccc7c6cc6c7cc8c(cc7n(c4c3)c65)c3cc4c5ccccc5sc4c4c5ccc(-n6c7ccc(-c9ccccc9)cc7c7cc(-c9ccccc9)ccc76)cc5n8c34)cc2)cc1. The summed E-state index contributed by atoms with van der Waals surface area (Å²) in [6.45, 7) is 0. The van der Waals surface area contributed by atoms with Gasteiger partial charge in [-0.05, 0) is 171 Å². The summed E-state index contributed by atoms with van der Waals surface area (Å²) in [6.07, 6.45) is 0. The van der Waals surface area contributed by atoms with Gasteiger partial charge in [-0.15, -0.1) is 22.7 Å². The largest absolute Gasteiger partial charge is 0.309 e. The third kappa shape index (κ3) is 7.53. The molecule has 0 atom stereocenters. The van der Waals surface area contributed by atoms with Crippen LogP contribution in [0, 0.1) is 0 Å². The second-order valence-electron chi connectivity index (χ2n) is 27.8. The van der Waals surface area contributed by atoms with E-state index in [-0.39, 0.29) is 0 Å². The summed E-state index contributed by atoms with van der Waals surface area (Å²) in [6, 6.07) is 123. The van der Waals surface area contributed by atoms with Crippen molar-refractivity contribution in [1.29, 1.82) is 0 Å². The molecule has 8 heterocycles. The Kier molecular flexibility index (Phi) is 11.0. The predicted octanol–water partition coefficient (Wildman–Crippen LogP) is 27.3. The van der Waals surface area contributed by atoms with Gasteiger partial charge in [0, 0.05) is 116 Å². The van der Waals surface area contributed by atoms with Gasteiger partial charge in [-0.1, -0.05) is 212 Å². The Morgan fingerprint density at radius 2 is 0.490 bits per heavy atom. The van der Waals surface area contributed by atoms with Crippen LogP contribution in [-0.4, -0.2) is 17.9 Å². The van der Waals surface area contributed by atoms with E-state index in [1.54, 1.807) is 0 Å². The number of aromatic nitrogens is 4. The molecule has 0 aliphatic heterocycles. The summed E-state index contributed by atoms with van der Waals surface area (Å²) in [5.41, 5.74) is 26.5. The maximum absolute atomic E-state index is 2.64. The molecule has 0 radical (unpaired) electrons. The Bertz CT molecular complexity index is 7500. The van der Waals surface area contributed by atoms with Gasteiger partial charge in [0.25, 0.3) is 0 Å². The minimum Gasteiger partial charge on any atom is -0.309 e. The van der Waals surface area contributed by atoms with E-state index in [9.17, 15) is 0 Å². The standard InChI is InChI=1S/C96H54N4S2/c1-5-17-55(18-6-1)60-32-41-81-71(45-60)72-46-61(56-19-7-2-8-20-56)33-42-82(72)97(81)65-36-29-59(30-37-65)64-31-39-69-85(49-64)99-87-53-76-78-52-80-68-26-14-16-28-90(68)102-96(80)92-70-40-38-66(50-86(70)100(94(78)92)88(76)54-75(87)77-51-79-67-25-13-15-27-89(67)101-95(79)91(69)93(77)99)98-83-43-34-62(57-21-9-3-10-22-57)47-73(83)74-48-63(35-44-84(74)98)58-23-11-4-12-24-58/h1-54H. The molecule has 0 amide bonds. The molecule has 0 spiro atoms. The van der Waals surface area contributed by atoms with E-state index >= 15 is 0 Å². The summed E-state index contributed by atoms with van der Waals surface area (Å²) >= 11 is 3.86. The van der Waals surface area contributed by atoms with Gasteiger partial charge < -0.3 is 17.9 Å². The van der Waals surface area contributed by atoms with E-state index in [0.29, 0.717) is 0 Å². The van der Waals surface area contributed by atoms with Crippen molar-refractivity contribution in [3.63, 3.8) is 0 Å². The third-order valence-electron chi connectivity index (χ3n) is 22.6. The first-order chi connectivity index (χ1) is 50.6. The average molecular weight is 1330 g/mol. The average Bonchev–Trinajstić information content (AvgIpc) is 1.51. The number of hydrogen-bond acceptors (Lipinski definition) is 2. The van der Waals surface area contributed by atoms with Crippen molar-refractivity contribution in [2.45, 2.75) is 0 Å². The van der Waals surface area contributed by atoms with Crippen LogP contribution in [0.1, 0.15) is 0 Å². The number of nitrogens with zero attached hydrogens (tertiary/aromatic N) is 4. The summed E-state index contributed by atoms with van der Waals surface area (Å²) in [5, 5.41) is 20.5. The molecule has 0 unspecified atom stereocenters. The van der Waals surface area contributed by atoms with Gasteiger partial charge in [0.15, 0.2) is 0 Å². The van der Waals surface area contributed by atoms with Crippen LogP contribution in [0.4, 0.5) is 0 Å². The Morgan fingerprint density at radius 1 is 0.176 bits per heavy atom. The quantitative estimate of drug-likeness (QED) is 0.151. The van der Waals surface area contributed by atoms with Crippen molar-refractivity contribution in [2.24, 2.45) is 0 Å². The fourth-order valence-electron chi connectivity index (χ4n) is 18.0. The second kappa shape index (κ2) is 20.4. The molecule has 0 bridgehead atoms. The molecule has 0 fully saturated rings. The Labute approximate surface area is 591 Å². The lowest BCUT2D eigenvalue weighted by molar-refractivity contribution is 1.18. The summed E-state index contributed by atoms with van der Waals surface area (Å²) in [4.78, 5) is 0. The van der Waals surface area contributed by atoms with Crippen LogP contribution in [0.2, 0.25) is 0 Å². The molecule has 4 nitrogen and oxygen atoms in total. The van der Waals surface area contributed by atoms with Gasteiger partial charge in [-0.3, -0.25) is 0 Å². The van der Waals surface area contributed by atoms with Crippen LogP contribution < -0.4 is 0 Å². The van der Waals surface area contributed by atoms with Gasteiger partial charge in [-0.2, -0.15) is 0 Å². The zero-order chi connectivity index (χ0) is 66.2. The zero-order valence-corrected chi connectivity index (χ0v) is 56.4. The molecule has 24 rings (SSSR count). The first-order valence-electron chi connectivity index (χ1n) is 35.1. The summed E-state index contributed by atoms with van der Waals surface area (Å²) in [7, 11) is 0. The van der Waals surface area contributed by atoms with Crippen molar-refractivity contribution in [3.8, 4) is 67.0 Å². The Morgan fingerprint density at radius 3 is 0.922 bits per heavy atom. The lowest BCUT2D eigenvalue weighted by Crippen LogP contribution is -1.94. The predicted molar refractivity (Wildman–Crippen MR) is 437 cm³/mol. The molecule has 470 valence electrons. The number of rotatable bonds is 7. The molecule has 102 heavy (non-hydrogen) atoms. The van der Waals surface area contributed by atoms with Crippen molar-refractivity contribution in [1.82, 2.24) is 17.9 Å². The smallest absolute Gasteiger partial charge is 0.0635 e. The van der Waals surface area contributed by atoms with E-state index < -0.39 is 0 Å². The van der Waals surface area contributed by atoms with Crippen LogP contribution in [0.15, 0.2) is 328 Å². The molecule has 0 saturated heterocycles. The summed E-state index contributed by atoms with van der Waals surface area (Å²) < 4.78 is 15.5. The Balaban J connectivity index is 0.733. The minimum absolute atomic E-state index is 1.13. The van der Waals surface area contributed by atoms with Crippen molar-refractivity contribution in [2.75, 3.05) is 0 Å². The van der Waals surface area contributed by atoms with Crippen molar-refractivity contribution in [3.05, 3.63) is 328 Å². The molecule has 24 aromatic rings. The normalized spacial score (nSPS) is 12.5. The highest BCUT2D eigenvalue weighted by molar-refractivity contribution is 7.27. The monoisotopic (exact) mass is 1330 g/mol. The summed E-state index contributed by atoms with van der Waals surface area (Å²) in [5.74, 6) is 0. The third-order valence-corrected chi connectivity index (χ3v) is 25.0. The fraction of sp³-hybridized carbons (Fsp3) is 0. The highest BCUT2D eigenvalue weighted by Crippen LogP contribution is 2.53. The number of fused-ring (bicyclic) bond motifs is 26. The lowest BCUT2D eigenvalue weighted by Gasteiger charge is -2.11. The highest BCUT2D eigenvalue weighted by atomic mass is 32.1.